The SMILES string of the molecule is Cc1cc([N+](=O)[O-])cnc1N1CCN(C(=O)/C=C/c2ccc(F)cc2)CC1. The van der Waals surface area contributed by atoms with Gasteiger partial charge in [0.15, 0.2) is 0 Å². The predicted molar refractivity (Wildman–Crippen MR) is 99.9 cm³/mol. The molecule has 1 aliphatic rings. The van der Waals surface area contributed by atoms with Crippen LogP contribution in [-0.4, -0.2) is 46.9 Å². The van der Waals surface area contributed by atoms with Gasteiger partial charge < -0.3 is 9.80 Å². The molecule has 0 atom stereocenters. The lowest BCUT2D eigenvalue weighted by Gasteiger charge is -2.35. The van der Waals surface area contributed by atoms with Gasteiger partial charge in [-0.05, 0) is 36.3 Å². The van der Waals surface area contributed by atoms with Gasteiger partial charge in [0.25, 0.3) is 5.69 Å². The molecule has 0 bridgehead atoms. The number of aryl methyl sites for hydroxylation is 1. The molecule has 0 saturated carbocycles. The highest BCUT2D eigenvalue weighted by Gasteiger charge is 2.22. The molecule has 8 heteroatoms. The van der Waals surface area contributed by atoms with E-state index in [0.29, 0.717) is 32.0 Å². The van der Waals surface area contributed by atoms with E-state index in [1.165, 1.54) is 30.5 Å². The molecule has 0 aliphatic carbocycles. The summed E-state index contributed by atoms with van der Waals surface area (Å²) < 4.78 is 12.9. The van der Waals surface area contributed by atoms with Crippen molar-refractivity contribution in [1.29, 1.82) is 0 Å². The minimum atomic E-state index is -0.464. The van der Waals surface area contributed by atoms with Gasteiger partial charge in [0, 0.05) is 38.3 Å². The molecule has 0 unspecified atom stereocenters. The summed E-state index contributed by atoms with van der Waals surface area (Å²) in [6.45, 7) is 4.05. The number of halogens is 1. The summed E-state index contributed by atoms with van der Waals surface area (Å²) in [7, 11) is 0. The van der Waals surface area contributed by atoms with Crippen molar-refractivity contribution in [2.45, 2.75) is 6.92 Å². The molecule has 1 aromatic carbocycles. The van der Waals surface area contributed by atoms with Crippen molar-refractivity contribution in [2.75, 3.05) is 31.1 Å². The second-order valence-corrected chi connectivity index (χ2v) is 6.29. The van der Waals surface area contributed by atoms with Gasteiger partial charge in [-0.25, -0.2) is 9.37 Å². The summed E-state index contributed by atoms with van der Waals surface area (Å²) in [5.41, 5.74) is 1.46. The Labute approximate surface area is 155 Å². The van der Waals surface area contributed by atoms with Crippen LogP contribution in [0.2, 0.25) is 0 Å². The number of pyridine rings is 1. The molecule has 0 radical (unpaired) electrons. The van der Waals surface area contributed by atoms with E-state index in [1.54, 1.807) is 30.0 Å². The molecule has 1 fully saturated rings. The Morgan fingerprint density at radius 3 is 2.48 bits per heavy atom. The van der Waals surface area contributed by atoms with Gasteiger partial charge in [-0.15, -0.1) is 0 Å². The summed E-state index contributed by atoms with van der Waals surface area (Å²) in [5, 5.41) is 10.8. The van der Waals surface area contributed by atoms with E-state index in [0.717, 1.165) is 11.1 Å². The lowest BCUT2D eigenvalue weighted by Crippen LogP contribution is -2.48. The number of amides is 1. The third kappa shape index (κ3) is 4.46. The smallest absolute Gasteiger partial charge is 0.287 e. The van der Waals surface area contributed by atoms with Crippen LogP contribution in [0.3, 0.4) is 0 Å². The largest absolute Gasteiger partial charge is 0.353 e. The molecular formula is C19H19FN4O3. The van der Waals surface area contributed by atoms with Crippen molar-refractivity contribution in [3.05, 3.63) is 69.7 Å². The van der Waals surface area contributed by atoms with Crippen LogP contribution in [0.15, 0.2) is 42.6 Å². The molecule has 140 valence electrons. The fourth-order valence-corrected chi connectivity index (χ4v) is 2.97. The van der Waals surface area contributed by atoms with E-state index < -0.39 is 4.92 Å². The van der Waals surface area contributed by atoms with Gasteiger partial charge >= 0.3 is 0 Å². The second kappa shape index (κ2) is 7.94. The van der Waals surface area contributed by atoms with Crippen molar-refractivity contribution >= 4 is 23.5 Å². The molecular weight excluding hydrogens is 351 g/mol. The zero-order chi connectivity index (χ0) is 19.4. The van der Waals surface area contributed by atoms with Crippen molar-refractivity contribution in [3.63, 3.8) is 0 Å². The minimum Gasteiger partial charge on any atom is -0.353 e. The Morgan fingerprint density at radius 2 is 1.89 bits per heavy atom. The monoisotopic (exact) mass is 370 g/mol. The quantitative estimate of drug-likeness (QED) is 0.470. The molecule has 0 N–H and O–H groups in total. The maximum atomic E-state index is 12.9. The Morgan fingerprint density at radius 1 is 1.22 bits per heavy atom. The zero-order valence-electron chi connectivity index (χ0n) is 14.8. The first kappa shape index (κ1) is 18.5. The summed E-state index contributed by atoms with van der Waals surface area (Å²) in [4.78, 5) is 30.6. The van der Waals surface area contributed by atoms with Crippen LogP contribution in [-0.2, 0) is 4.79 Å². The first-order valence-electron chi connectivity index (χ1n) is 8.52. The van der Waals surface area contributed by atoms with E-state index in [4.69, 9.17) is 0 Å². The lowest BCUT2D eigenvalue weighted by molar-refractivity contribution is -0.385. The van der Waals surface area contributed by atoms with Gasteiger partial charge in [-0.3, -0.25) is 14.9 Å². The van der Waals surface area contributed by atoms with Crippen LogP contribution in [0, 0.1) is 22.9 Å². The Kier molecular flexibility index (Phi) is 5.44. The fraction of sp³-hybridized carbons (Fsp3) is 0.263. The fourth-order valence-electron chi connectivity index (χ4n) is 2.97. The first-order valence-corrected chi connectivity index (χ1v) is 8.52. The third-order valence-corrected chi connectivity index (χ3v) is 4.43. The lowest BCUT2D eigenvalue weighted by atomic mass is 10.2. The number of hydrogen-bond donors (Lipinski definition) is 0. The molecule has 2 heterocycles. The molecule has 1 amide bonds. The highest BCUT2D eigenvalue weighted by molar-refractivity contribution is 5.92. The number of nitrogens with zero attached hydrogens (tertiary/aromatic N) is 4. The summed E-state index contributed by atoms with van der Waals surface area (Å²) >= 11 is 0. The highest BCUT2D eigenvalue weighted by atomic mass is 19.1. The number of benzene rings is 1. The number of nitro groups is 1. The van der Waals surface area contributed by atoms with Crippen molar-refractivity contribution in [3.8, 4) is 0 Å². The maximum absolute atomic E-state index is 12.9. The molecule has 27 heavy (non-hydrogen) atoms. The van der Waals surface area contributed by atoms with Crippen LogP contribution in [0.5, 0.6) is 0 Å². The van der Waals surface area contributed by atoms with Gasteiger partial charge in [-0.1, -0.05) is 12.1 Å². The van der Waals surface area contributed by atoms with E-state index >= 15 is 0 Å². The Hall–Kier alpha value is -3.29. The number of rotatable bonds is 4. The number of carbonyl (C=O) groups is 1. The van der Waals surface area contributed by atoms with Gasteiger partial charge in [-0.2, -0.15) is 0 Å². The van der Waals surface area contributed by atoms with Crippen molar-refractivity contribution in [2.24, 2.45) is 0 Å². The average Bonchev–Trinajstić information content (AvgIpc) is 2.67. The predicted octanol–water partition coefficient (Wildman–Crippen LogP) is 2.80. The van der Waals surface area contributed by atoms with Gasteiger partial charge in [0.2, 0.25) is 5.91 Å². The first-order chi connectivity index (χ1) is 12.9. The third-order valence-electron chi connectivity index (χ3n) is 4.43. The molecule has 1 saturated heterocycles. The standard InChI is InChI=1S/C19H19FN4O3/c1-14-12-17(24(26)27)13-21-19(14)23-10-8-22(9-11-23)18(25)7-4-15-2-5-16(20)6-3-15/h2-7,12-13H,8-11H2,1H3/b7-4+. The van der Waals surface area contributed by atoms with Crippen LogP contribution in [0.1, 0.15) is 11.1 Å². The number of carbonyl (C=O) groups excluding carboxylic acids is 1. The van der Waals surface area contributed by atoms with Crippen LogP contribution < -0.4 is 4.90 Å². The van der Waals surface area contributed by atoms with Gasteiger partial charge in [0.1, 0.15) is 17.8 Å². The number of anilines is 1. The average molecular weight is 370 g/mol. The van der Waals surface area contributed by atoms with Crippen molar-refractivity contribution in [1.82, 2.24) is 9.88 Å². The van der Waals surface area contributed by atoms with E-state index in [1.807, 2.05) is 4.90 Å². The summed E-state index contributed by atoms with van der Waals surface area (Å²) in [6, 6.07) is 7.43. The normalized spacial score (nSPS) is 14.6. The number of hydrogen-bond acceptors (Lipinski definition) is 5. The second-order valence-electron chi connectivity index (χ2n) is 6.29. The Bertz CT molecular complexity index is 875. The van der Waals surface area contributed by atoms with Gasteiger partial charge in [0.05, 0.1) is 4.92 Å². The van der Waals surface area contributed by atoms with Crippen LogP contribution in [0.4, 0.5) is 15.9 Å². The molecule has 7 nitrogen and oxygen atoms in total. The topological polar surface area (TPSA) is 79.6 Å². The van der Waals surface area contributed by atoms with Crippen LogP contribution >= 0.6 is 0 Å². The zero-order valence-corrected chi connectivity index (χ0v) is 14.8. The molecule has 1 aliphatic heterocycles. The van der Waals surface area contributed by atoms with Crippen molar-refractivity contribution < 1.29 is 14.1 Å². The minimum absolute atomic E-state index is 0.0315. The van der Waals surface area contributed by atoms with E-state index in [-0.39, 0.29) is 17.4 Å². The van der Waals surface area contributed by atoms with E-state index in [9.17, 15) is 19.3 Å². The number of aromatic nitrogens is 1. The molecule has 3 rings (SSSR count). The summed E-state index contributed by atoms with van der Waals surface area (Å²) in [5.74, 6) is 0.284. The highest BCUT2D eigenvalue weighted by Crippen LogP contribution is 2.22. The maximum Gasteiger partial charge on any atom is 0.287 e. The molecule has 1 aromatic heterocycles. The van der Waals surface area contributed by atoms with E-state index in [2.05, 4.69) is 4.98 Å². The van der Waals surface area contributed by atoms with Crippen LogP contribution in [0.25, 0.3) is 6.08 Å². The number of piperazine rings is 1. The molecule has 2 aromatic rings. The Balaban J connectivity index is 1.59. The molecule has 0 spiro atoms. The summed E-state index contributed by atoms with van der Waals surface area (Å²) in [6.07, 6.45) is 4.40.